The molecule has 9 nitrogen and oxygen atoms in total. The van der Waals surface area contributed by atoms with Crippen molar-refractivity contribution in [2.75, 3.05) is 29.9 Å². The Labute approximate surface area is 198 Å². The van der Waals surface area contributed by atoms with Gasteiger partial charge in [-0.3, -0.25) is 4.79 Å². The molecule has 0 fully saturated rings. The molecule has 2 heterocycles. The third-order valence-electron chi connectivity index (χ3n) is 4.77. The van der Waals surface area contributed by atoms with E-state index in [-0.39, 0.29) is 23.0 Å². The number of rotatable bonds is 12. The van der Waals surface area contributed by atoms with Gasteiger partial charge in [-0.05, 0) is 23.8 Å². The van der Waals surface area contributed by atoms with Crippen LogP contribution in [0.2, 0.25) is 0 Å². The van der Waals surface area contributed by atoms with E-state index in [1.165, 1.54) is 12.1 Å². The van der Waals surface area contributed by atoms with Crippen LogP contribution in [-0.2, 0) is 21.2 Å². The number of carbonyl (C=O) groups is 1. The van der Waals surface area contributed by atoms with Gasteiger partial charge in [0.25, 0.3) is 0 Å². The summed E-state index contributed by atoms with van der Waals surface area (Å²) in [7, 11) is -3.48. The van der Waals surface area contributed by atoms with Crippen molar-refractivity contribution in [2.45, 2.75) is 43.8 Å². The summed E-state index contributed by atoms with van der Waals surface area (Å²) in [5.74, 6) is 1.52. The molecule has 33 heavy (non-hydrogen) atoms. The number of hydrogen-bond donors (Lipinski definition) is 2. The molecule has 0 saturated carbocycles. The Morgan fingerprint density at radius 3 is 2.64 bits per heavy atom. The second-order valence-electron chi connectivity index (χ2n) is 7.90. The normalized spacial score (nSPS) is 11.8. The zero-order chi connectivity index (χ0) is 23.8. The van der Waals surface area contributed by atoms with Gasteiger partial charge >= 0.3 is 0 Å². The molecule has 2 aromatic heterocycles. The fourth-order valence-electron chi connectivity index (χ4n) is 3.09. The SMILES string of the molecule is CCSc1nc(NCC(C)C)c2cnn(CCNC(=O)CCS(=O)(=O)c3ccccc3)c2n1. The molecule has 0 aliphatic rings. The Balaban J connectivity index is 1.61. The van der Waals surface area contributed by atoms with Crippen LogP contribution in [0, 0.1) is 5.92 Å². The van der Waals surface area contributed by atoms with Crippen molar-refractivity contribution < 1.29 is 13.2 Å². The third-order valence-corrected chi connectivity index (χ3v) is 7.23. The van der Waals surface area contributed by atoms with Crippen molar-refractivity contribution >= 4 is 44.4 Å². The van der Waals surface area contributed by atoms with Gasteiger partial charge in [-0.15, -0.1) is 0 Å². The highest BCUT2D eigenvalue weighted by Crippen LogP contribution is 2.24. The molecule has 11 heteroatoms. The van der Waals surface area contributed by atoms with Crippen LogP contribution in [-0.4, -0.2) is 58.7 Å². The number of nitrogens with one attached hydrogen (secondary N) is 2. The number of anilines is 1. The summed E-state index contributed by atoms with van der Waals surface area (Å²) in [6.45, 7) is 7.82. The monoisotopic (exact) mass is 490 g/mol. The average Bonchev–Trinajstić information content (AvgIpc) is 3.20. The topological polar surface area (TPSA) is 119 Å². The number of thioether (sulfide) groups is 1. The fourth-order valence-corrected chi connectivity index (χ4v) is 4.92. The van der Waals surface area contributed by atoms with E-state index in [1.807, 2.05) is 6.92 Å². The van der Waals surface area contributed by atoms with Gasteiger partial charge in [0.2, 0.25) is 5.91 Å². The minimum absolute atomic E-state index is 0.0974. The first-order chi connectivity index (χ1) is 15.8. The summed E-state index contributed by atoms with van der Waals surface area (Å²) < 4.78 is 26.4. The standard InChI is InChI=1S/C22H30N6O3S2/c1-4-32-22-26-20(24-14-16(2)3)18-15-25-28(21(18)27-22)12-11-23-19(29)10-13-33(30,31)17-8-6-5-7-9-17/h5-9,15-16H,4,10-14H2,1-3H3,(H,23,29)(H,24,26,27). The number of aromatic nitrogens is 4. The van der Waals surface area contributed by atoms with Crippen LogP contribution < -0.4 is 10.6 Å². The second-order valence-corrected chi connectivity index (χ2v) is 11.2. The Kier molecular flexibility index (Phi) is 8.67. The zero-order valence-electron chi connectivity index (χ0n) is 19.1. The molecule has 0 radical (unpaired) electrons. The molecular formula is C22H30N6O3S2. The molecule has 3 rings (SSSR count). The number of sulfone groups is 1. The van der Waals surface area contributed by atoms with Gasteiger partial charge in [0.05, 0.1) is 28.8 Å². The quantitative estimate of drug-likeness (QED) is 0.294. The van der Waals surface area contributed by atoms with Crippen LogP contribution in [0.4, 0.5) is 5.82 Å². The molecule has 0 unspecified atom stereocenters. The summed E-state index contributed by atoms with van der Waals surface area (Å²) in [6, 6.07) is 8.15. The molecule has 1 amide bonds. The molecule has 2 N–H and O–H groups in total. The van der Waals surface area contributed by atoms with Crippen LogP contribution in [0.25, 0.3) is 11.0 Å². The first kappa shape index (κ1) is 25.0. The van der Waals surface area contributed by atoms with Crippen molar-refractivity contribution in [3.8, 4) is 0 Å². The van der Waals surface area contributed by atoms with Gasteiger partial charge in [0.15, 0.2) is 20.6 Å². The van der Waals surface area contributed by atoms with Crippen LogP contribution in [0.3, 0.4) is 0 Å². The van der Waals surface area contributed by atoms with Gasteiger partial charge in [-0.1, -0.05) is 50.7 Å². The van der Waals surface area contributed by atoms with E-state index in [1.54, 1.807) is 40.8 Å². The lowest BCUT2D eigenvalue weighted by Gasteiger charge is -2.11. The Morgan fingerprint density at radius 1 is 1.18 bits per heavy atom. The average molecular weight is 491 g/mol. The van der Waals surface area contributed by atoms with Gasteiger partial charge in [-0.25, -0.2) is 23.1 Å². The first-order valence-corrected chi connectivity index (χ1v) is 13.6. The molecule has 0 aliphatic carbocycles. The number of nitrogens with zero attached hydrogens (tertiary/aromatic N) is 4. The zero-order valence-corrected chi connectivity index (χ0v) is 20.7. The Morgan fingerprint density at radius 2 is 1.94 bits per heavy atom. The minimum atomic E-state index is -3.48. The maximum Gasteiger partial charge on any atom is 0.221 e. The summed E-state index contributed by atoms with van der Waals surface area (Å²) >= 11 is 1.56. The lowest BCUT2D eigenvalue weighted by atomic mass is 10.2. The maximum absolute atomic E-state index is 12.3. The number of benzene rings is 1. The molecule has 3 aromatic rings. The summed E-state index contributed by atoms with van der Waals surface area (Å²) in [5, 5.41) is 12.1. The Bertz CT molecular complexity index is 1180. The molecule has 0 saturated heterocycles. The molecular weight excluding hydrogens is 460 g/mol. The Hall–Kier alpha value is -2.66. The molecule has 0 atom stereocenters. The molecule has 0 spiro atoms. The van der Waals surface area contributed by atoms with Crippen LogP contribution >= 0.6 is 11.8 Å². The number of fused-ring (bicyclic) bond motifs is 1. The van der Waals surface area contributed by atoms with Crippen molar-refractivity contribution in [1.29, 1.82) is 0 Å². The summed E-state index contributed by atoms with van der Waals surface area (Å²) in [5.41, 5.74) is 0.702. The maximum atomic E-state index is 12.3. The van der Waals surface area contributed by atoms with E-state index in [2.05, 4.69) is 39.5 Å². The molecule has 178 valence electrons. The lowest BCUT2D eigenvalue weighted by Crippen LogP contribution is -2.29. The van der Waals surface area contributed by atoms with E-state index in [0.29, 0.717) is 29.8 Å². The lowest BCUT2D eigenvalue weighted by molar-refractivity contribution is -0.120. The second kappa shape index (κ2) is 11.5. The van der Waals surface area contributed by atoms with Crippen molar-refractivity contribution in [3.05, 3.63) is 36.5 Å². The van der Waals surface area contributed by atoms with E-state index < -0.39 is 9.84 Å². The van der Waals surface area contributed by atoms with Crippen molar-refractivity contribution in [3.63, 3.8) is 0 Å². The first-order valence-electron chi connectivity index (χ1n) is 10.9. The summed E-state index contributed by atoms with van der Waals surface area (Å²) in [6.07, 6.45) is 1.63. The largest absolute Gasteiger partial charge is 0.369 e. The predicted octanol–water partition coefficient (Wildman–Crippen LogP) is 2.99. The molecule has 0 bridgehead atoms. The van der Waals surface area contributed by atoms with Gasteiger partial charge in [0, 0.05) is 19.5 Å². The smallest absolute Gasteiger partial charge is 0.221 e. The van der Waals surface area contributed by atoms with E-state index in [0.717, 1.165) is 23.5 Å². The number of carbonyl (C=O) groups excluding carboxylic acids is 1. The van der Waals surface area contributed by atoms with Gasteiger partial charge in [0.1, 0.15) is 5.82 Å². The number of amides is 1. The van der Waals surface area contributed by atoms with Crippen LogP contribution in [0.1, 0.15) is 27.2 Å². The van der Waals surface area contributed by atoms with Crippen molar-refractivity contribution in [2.24, 2.45) is 5.92 Å². The van der Waals surface area contributed by atoms with E-state index in [4.69, 9.17) is 0 Å². The predicted molar refractivity (Wildman–Crippen MR) is 131 cm³/mol. The van der Waals surface area contributed by atoms with Gasteiger partial charge < -0.3 is 10.6 Å². The van der Waals surface area contributed by atoms with Crippen LogP contribution in [0.15, 0.2) is 46.6 Å². The highest BCUT2D eigenvalue weighted by molar-refractivity contribution is 7.99. The van der Waals surface area contributed by atoms with E-state index in [9.17, 15) is 13.2 Å². The van der Waals surface area contributed by atoms with Crippen molar-refractivity contribution in [1.82, 2.24) is 25.1 Å². The van der Waals surface area contributed by atoms with E-state index >= 15 is 0 Å². The highest BCUT2D eigenvalue weighted by atomic mass is 32.2. The van der Waals surface area contributed by atoms with Crippen LogP contribution in [0.5, 0.6) is 0 Å². The third kappa shape index (κ3) is 6.91. The fraction of sp³-hybridized carbons (Fsp3) is 0.455. The van der Waals surface area contributed by atoms with Gasteiger partial charge in [-0.2, -0.15) is 5.10 Å². The minimum Gasteiger partial charge on any atom is -0.369 e. The highest BCUT2D eigenvalue weighted by Gasteiger charge is 2.17. The summed E-state index contributed by atoms with van der Waals surface area (Å²) in [4.78, 5) is 21.7. The molecule has 0 aliphatic heterocycles. The number of hydrogen-bond acceptors (Lipinski definition) is 8. The molecule has 1 aromatic carbocycles.